The number of hydrogen-bond donors (Lipinski definition) is 2. The molecule has 0 unspecified atom stereocenters. The number of carboxylic acids is 1. The number of carboxylic acid groups (broad SMARTS) is 1. The number of carbonyl (C=O) groups is 1. The van der Waals surface area contributed by atoms with Gasteiger partial charge in [0.2, 0.25) is 0 Å². The molecule has 6 heteroatoms. The number of phenols is 1. The quantitative estimate of drug-likeness (QED) is 0.802. The smallest absolute Gasteiger partial charge is 0.394 e. The van der Waals surface area contributed by atoms with Crippen molar-refractivity contribution in [2.75, 3.05) is 0 Å². The molecule has 0 spiro atoms. The summed E-state index contributed by atoms with van der Waals surface area (Å²) in [5.41, 5.74) is 0.776. The molecule has 0 saturated carbocycles. The molecule has 2 N–H and O–H groups in total. The standard InChI is InChI=1S/C10H8N2O4/c13-7-3-1-2-6(4-7)5-8-11-9(10(14)15)16-12-8/h1-4,13H,5H2,(H,14,15). The minimum absolute atomic E-state index is 0.138. The lowest BCUT2D eigenvalue weighted by molar-refractivity contribution is 0.0643. The van der Waals surface area contributed by atoms with Gasteiger partial charge in [0, 0.05) is 6.42 Å². The van der Waals surface area contributed by atoms with Crippen molar-refractivity contribution in [1.82, 2.24) is 10.1 Å². The third-order valence-electron chi connectivity index (χ3n) is 1.92. The average Bonchev–Trinajstić information content (AvgIpc) is 2.66. The molecule has 0 saturated heterocycles. The van der Waals surface area contributed by atoms with Gasteiger partial charge < -0.3 is 14.7 Å². The van der Waals surface area contributed by atoms with E-state index in [4.69, 9.17) is 5.11 Å². The number of rotatable bonds is 3. The average molecular weight is 220 g/mol. The van der Waals surface area contributed by atoms with E-state index in [2.05, 4.69) is 14.7 Å². The molecule has 2 aromatic rings. The Bertz CT molecular complexity index is 521. The SMILES string of the molecule is O=C(O)c1nc(Cc2cccc(O)c2)no1. The fraction of sp³-hybridized carbons (Fsp3) is 0.100. The Morgan fingerprint density at radius 3 is 2.88 bits per heavy atom. The fourth-order valence-electron chi connectivity index (χ4n) is 1.26. The molecule has 0 atom stereocenters. The highest BCUT2D eigenvalue weighted by Gasteiger charge is 2.13. The molecular formula is C10H8N2O4. The molecule has 1 heterocycles. The van der Waals surface area contributed by atoms with Gasteiger partial charge in [-0.25, -0.2) is 4.79 Å². The molecule has 0 radical (unpaired) electrons. The van der Waals surface area contributed by atoms with Crippen LogP contribution in [-0.2, 0) is 6.42 Å². The maximum atomic E-state index is 10.5. The zero-order valence-electron chi connectivity index (χ0n) is 8.12. The van der Waals surface area contributed by atoms with Gasteiger partial charge in [0.25, 0.3) is 0 Å². The molecule has 0 fully saturated rings. The third-order valence-corrected chi connectivity index (χ3v) is 1.92. The lowest BCUT2D eigenvalue weighted by Crippen LogP contribution is -1.97. The monoisotopic (exact) mass is 220 g/mol. The molecule has 0 bridgehead atoms. The summed E-state index contributed by atoms with van der Waals surface area (Å²) >= 11 is 0. The van der Waals surface area contributed by atoms with Crippen molar-refractivity contribution in [3.63, 3.8) is 0 Å². The first kappa shape index (κ1) is 10.2. The van der Waals surface area contributed by atoms with Crippen LogP contribution in [0.15, 0.2) is 28.8 Å². The first-order chi connectivity index (χ1) is 7.65. The summed E-state index contributed by atoms with van der Waals surface area (Å²) in [5.74, 6) is -1.28. The van der Waals surface area contributed by atoms with Crippen molar-refractivity contribution in [3.8, 4) is 5.75 Å². The van der Waals surface area contributed by atoms with Crippen molar-refractivity contribution in [2.24, 2.45) is 0 Å². The highest BCUT2D eigenvalue weighted by atomic mass is 16.5. The minimum atomic E-state index is -1.25. The molecule has 1 aromatic heterocycles. The molecular weight excluding hydrogens is 212 g/mol. The van der Waals surface area contributed by atoms with Gasteiger partial charge in [-0.3, -0.25) is 0 Å². The number of aromatic nitrogens is 2. The number of phenolic OH excluding ortho intramolecular Hbond substituents is 1. The minimum Gasteiger partial charge on any atom is -0.508 e. The summed E-state index contributed by atoms with van der Waals surface area (Å²) < 4.78 is 4.51. The van der Waals surface area contributed by atoms with Gasteiger partial charge in [0.05, 0.1) is 0 Å². The van der Waals surface area contributed by atoms with E-state index in [-0.39, 0.29) is 11.6 Å². The van der Waals surface area contributed by atoms with Crippen LogP contribution in [0, 0.1) is 0 Å². The molecule has 82 valence electrons. The Labute approximate surface area is 90.2 Å². The van der Waals surface area contributed by atoms with Crippen molar-refractivity contribution in [3.05, 3.63) is 41.5 Å². The van der Waals surface area contributed by atoms with E-state index in [1.165, 1.54) is 0 Å². The van der Waals surface area contributed by atoms with Crippen molar-refractivity contribution < 1.29 is 19.5 Å². The van der Waals surface area contributed by atoms with Gasteiger partial charge in [0.15, 0.2) is 5.82 Å². The highest BCUT2D eigenvalue weighted by molar-refractivity contribution is 5.81. The summed E-state index contributed by atoms with van der Waals surface area (Å²) in [5, 5.41) is 21.3. The predicted octanol–water partition coefficient (Wildman–Crippen LogP) is 1.06. The molecule has 1 aromatic carbocycles. The summed E-state index contributed by atoms with van der Waals surface area (Å²) in [6.45, 7) is 0. The van der Waals surface area contributed by atoms with Crippen LogP contribution < -0.4 is 0 Å². The zero-order valence-corrected chi connectivity index (χ0v) is 8.12. The molecule has 0 amide bonds. The van der Waals surface area contributed by atoms with Crippen LogP contribution in [0.2, 0.25) is 0 Å². The first-order valence-electron chi connectivity index (χ1n) is 4.49. The highest BCUT2D eigenvalue weighted by Crippen LogP contribution is 2.13. The number of hydrogen-bond acceptors (Lipinski definition) is 5. The summed E-state index contributed by atoms with van der Waals surface area (Å²) in [4.78, 5) is 14.2. The van der Waals surface area contributed by atoms with Crippen LogP contribution >= 0.6 is 0 Å². The second kappa shape index (κ2) is 4.01. The first-order valence-corrected chi connectivity index (χ1v) is 4.49. The number of nitrogens with zero attached hydrogens (tertiary/aromatic N) is 2. The Kier molecular flexibility index (Phi) is 2.55. The molecule has 2 rings (SSSR count). The maximum absolute atomic E-state index is 10.5. The van der Waals surface area contributed by atoms with Gasteiger partial charge in [-0.1, -0.05) is 17.3 Å². The van der Waals surface area contributed by atoms with Crippen LogP contribution in [0.5, 0.6) is 5.75 Å². The van der Waals surface area contributed by atoms with E-state index >= 15 is 0 Å². The number of benzene rings is 1. The fourth-order valence-corrected chi connectivity index (χ4v) is 1.26. The van der Waals surface area contributed by atoms with Crippen LogP contribution in [0.3, 0.4) is 0 Å². The van der Waals surface area contributed by atoms with E-state index in [0.29, 0.717) is 6.42 Å². The van der Waals surface area contributed by atoms with Crippen LogP contribution in [0.25, 0.3) is 0 Å². The van der Waals surface area contributed by atoms with Gasteiger partial charge in [-0.15, -0.1) is 0 Å². The summed E-state index contributed by atoms with van der Waals surface area (Å²) in [6, 6.07) is 6.55. The summed E-state index contributed by atoms with van der Waals surface area (Å²) in [7, 11) is 0. The maximum Gasteiger partial charge on any atom is 0.394 e. The van der Waals surface area contributed by atoms with Crippen molar-refractivity contribution >= 4 is 5.97 Å². The summed E-state index contributed by atoms with van der Waals surface area (Å²) in [6.07, 6.45) is 0.311. The van der Waals surface area contributed by atoms with Crippen LogP contribution in [0.4, 0.5) is 0 Å². The van der Waals surface area contributed by atoms with Gasteiger partial charge in [0.1, 0.15) is 5.75 Å². The molecule has 0 aliphatic carbocycles. The lowest BCUT2D eigenvalue weighted by atomic mass is 10.1. The second-order valence-electron chi connectivity index (χ2n) is 3.17. The Balaban J connectivity index is 2.17. The van der Waals surface area contributed by atoms with E-state index in [1.807, 2.05) is 0 Å². The second-order valence-corrected chi connectivity index (χ2v) is 3.17. The van der Waals surface area contributed by atoms with Gasteiger partial charge in [-0.2, -0.15) is 4.98 Å². The van der Waals surface area contributed by atoms with Gasteiger partial charge in [-0.05, 0) is 17.7 Å². The van der Waals surface area contributed by atoms with E-state index < -0.39 is 11.9 Å². The van der Waals surface area contributed by atoms with E-state index in [0.717, 1.165) is 5.56 Å². The van der Waals surface area contributed by atoms with E-state index in [1.54, 1.807) is 24.3 Å². The zero-order chi connectivity index (χ0) is 11.5. The Hall–Kier alpha value is -2.37. The normalized spacial score (nSPS) is 10.2. The Morgan fingerprint density at radius 1 is 1.44 bits per heavy atom. The molecule has 6 nitrogen and oxygen atoms in total. The van der Waals surface area contributed by atoms with E-state index in [9.17, 15) is 9.90 Å². The van der Waals surface area contributed by atoms with Crippen molar-refractivity contribution in [1.29, 1.82) is 0 Å². The third kappa shape index (κ3) is 2.17. The Morgan fingerprint density at radius 2 is 2.25 bits per heavy atom. The lowest BCUT2D eigenvalue weighted by Gasteiger charge is -1.96. The van der Waals surface area contributed by atoms with Crippen LogP contribution in [0.1, 0.15) is 22.1 Å². The number of aromatic hydroxyl groups is 1. The molecule has 0 aliphatic heterocycles. The topological polar surface area (TPSA) is 96.5 Å². The predicted molar refractivity (Wildman–Crippen MR) is 52.2 cm³/mol. The van der Waals surface area contributed by atoms with Gasteiger partial charge >= 0.3 is 11.9 Å². The molecule has 16 heavy (non-hydrogen) atoms. The largest absolute Gasteiger partial charge is 0.508 e. The number of aromatic carboxylic acids is 1. The molecule has 0 aliphatic rings. The van der Waals surface area contributed by atoms with Crippen LogP contribution in [-0.4, -0.2) is 26.3 Å². The van der Waals surface area contributed by atoms with Crippen molar-refractivity contribution in [2.45, 2.75) is 6.42 Å².